The van der Waals surface area contributed by atoms with E-state index in [0.717, 1.165) is 25.4 Å². The van der Waals surface area contributed by atoms with Crippen LogP contribution in [-0.2, 0) is 6.42 Å². The van der Waals surface area contributed by atoms with Crippen molar-refractivity contribution in [3.63, 3.8) is 0 Å². The normalized spacial score (nSPS) is 12.2. The Bertz CT molecular complexity index is 425. The van der Waals surface area contributed by atoms with Crippen LogP contribution in [0.15, 0.2) is 43.0 Å². The molecule has 1 atom stereocenters. The largest absolute Gasteiger partial charge is 0.316 e. The molecule has 1 aromatic rings. The molecule has 154 valence electrons. The summed E-state index contributed by atoms with van der Waals surface area (Å²) in [7, 11) is 0. The van der Waals surface area contributed by atoms with Crippen LogP contribution in [0.1, 0.15) is 96.0 Å². The minimum atomic E-state index is 0.718. The Kier molecular flexibility index (Phi) is 16.2. The van der Waals surface area contributed by atoms with Gasteiger partial charge in [-0.25, -0.2) is 0 Å². The van der Waals surface area contributed by atoms with Crippen LogP contribution in [0.4, 0.5) is 0 Å². The van der Waals surface area contributed by atoms with Crippen molar-refractivity contribution in [2.45, 2.75) is 96.8 Å². The van der Waals surface area contributed by atoms with E-state index < -0.39 is 0 Å². The first-order valence-electron chi connectivity index (χ1n) is 11.7. The lowest BCUT2D eigenvalue weighted by atomic mass is 9.95. The minimum absolute atomic E-state index is 0.718. The number of hydrogen-bond donors (Lipinski definition) is 1. The van der Waals surface area contributed by atoms with E-state index in [-0.39, 0.29) is 0 Å². The molecule has 0 amide bonds. The van der Waals surface area contributed by atoms with Crippen LogP contribution in [-0.4, -0.2) is 13.1 Å². The maximum atomic E-state index is 4.06. The first-order valence-corrected chi connectivity index (χ1v) is 11.7. The van der Waals surface area contributed by atoms with Gasteiger partial charge in [-0.3, -0.25) is 0 Å². The molecule has 1 rings (SSSR count). The summed E-state index contributed by atoms with van der Waals surface area (Å²) in [4.78, 5) is 0. The van der Waals surface area contributed by atoms with Crippen molar-refractivity contribution < 1.29 is 0 Å². The molecule has 0 spiro atoms. The Morgan fingerprint density at radius 2 is 1.37 bits per heavy atom. The van der Waals surface area contributed by atoms with Gasteiger partial charge in [-0.1, -0.05) is 108 Å². The van der Waals surface area contributed by atoms with Gasteiger partial charge in [0.25, 0.3) is 0 Å². The highest BCUT2D eigenvalue weighted by Gasteiger charge is 2.04. The van der Waals surface area contributed by atoms with Crippen LogP contribution >= 0.6 is 0 Å². The second kappa shape index (κ2) is 18.3. The number of benzene rings is 1. The Labute approximate surface area is 170 Å². The second-order valence-corrected chi connectivity index (χ2v) is 8.09. The lowest BCUT2D eigenvalue weighted by molar-refractivity contribution is 0.470. The summed E-state index contributed by atoms with van der Waals surface area (Å²) in [5.41, 5.74) is 1.43. The molecular weight excluding hydrogens is 326 g/mol. The summed E-state index contributed by atoms with van der Waals surface area (Å²) in [6.45, 7) is 8.57. The first kappa shape index (κ1) is 24.0. The van der Waals surface area contributed by atoms with Gasteiger partial charge in [0.2, 0.25) is 0 Å². The lowest BCUT2D eigenvalue weighted by Gasteiger charge is -2.12. The Balaban J connectivity index is 1.87. The molecule has 1 heteroatoms. The van der Waals surface area contributed by atoms with Gasteiger partial charge in [0, 0.05) is 0 Å². The molecule has 0 bridgehead atoms. The molecule has 0 saturated carbocycles. The van der Waals surface area contributed by atoms with E-state index in [4.69, 9.17) is 0 Å². The van der Waals surface area contributed by atoms with E-state index >= 15 is 0 Å². The van der Waals surface area contributed by atoms with Crippen molar-refractivity contribution in [1.82, 2.24) is 5.32 Å². The van der Waals surface area contributed by atoms with Crippen molar-refractivity contribution in [2.75, 3.05) is 13.1 Å². The number of allylic oxidation sites excluding steroid dienone is 1. The number of nitrogens with one attached hydrogen (secondary N) is 1. The topological polar surface area (TPSA) is 12.0 Å². The zero-order chi connectivity index (χ0) is 19.4. The van der Waals surface area contributed by atoms with Gasteiger partial charge in [-0.15, -0.1) is 6.58 Å². The summed E-state index contributed by atoms with van der Waals surface area (Å²) < 4.78 is 0. The Morgan fingerprint density at radius 1 is 0.778 bits per heavy atom. The van der Waals surface area contributed by atoms with Gasteiger partial charge in [0.1, 0.15) is 0 Å². The molecule has 0 aliphatic heterocycles. The fraction of sp³-hybridized carbons (Fsp3) is 0.692. The molecule has 0 radical (unpaired) electrons. The molecule has 1 unspecified atom stereocenters. The summed E-state index contributed by atoms with van der Waals surface area (Å²) in [5, 5.41) is 3.59. The van der Waals surface area contributed by atoms with Crippen molar-refractivity contribution in [3.05, 3.63) is 48.6 Å². The predicted octanol–water partition coefficient (Wildman–Crippen LogP) is 7.71. The van der Waals surface area contributed by atoms with Gasteiger partial charge in [0.15, 0.2) is 0 Å². The van der Waals surface area contributed by atoms with Gasteiger partial charge in [-0.05, 0) is 50.3 Å². The third kappa shape index (κ3) is 14.6. The highest BCUT2D eigenvalue weighted by molar-refractivity contribution is 5.14. The Hall–Kier alpha value is -1.08. The van der Waals surface area contributed by atoms with E-state index in [1.165, 1.54) is 89.0 Å². The van der Waals surface area contributed by atoms with Gasteiger partial charge in [0.05, 0.1) is 0 Å². The van der Waals surface area contributed by atoms with Gasteiger partial charge >= 0.3 is 0 Å². The van der Waals surface area contributed by atoms with Crippen molar-refractivity contribution >= 4 is 0 Å². The molecule has 1 N–H and O–H groups in total. The summed E-state index contributed by atoms with van der Waals surface area (Å²) in [6.07, 6.45) is 21.5. The van der Waals surface area contributed by atoms with E-state index in [1.807, 2.05) is 0 Å². The second-order valence-electron chi connectivity index (χ2n) is 8.09. The van der Waals surface area contributed by atoms with E-state index in [0.29, 0.717) is 0 Å². The third-order valence-corrected chi connectivity index (χ3v) is 5.62. The molecule has 0 saturated heterocycles. The highest BCUT2D eigenvalue weighted by Crippen LogP contribution is 2.18. The van der Waals surface area contributed by atoms with Crippen LogP contribution in [0.2, 0.25) is 0 Å². The van der Waals surface area contributed by atoms with Crippen LogP contribution in [0.25, 0.3) is 0 Å². The third-order valence-electron chi connectivity index (χ3n) is 5.62. The average molecular weight is 372 g/mol. The SMILES string of the molecule is C=CC(CCCCCCCCCCCC)CCCNCCc1ccccc1. The molecule has 0 aliphatic carbocycles. The summed E-state index contributed by atoms with van der Waals surface area (Å²) >= 11 is 0. The monoisotopic (exact) mass is 371 g/mol. The summed E-state index contributed by atoms with van der Waals surface area (Å²) in [5.74, 6) is 0.718. The maximum absolute atomic E-state index is 4.06. The summed E-state index contributed by atoms with van der Waals surface area (Å²) in [6, 6.07) is 10.8. The van der Waals surface area contributed by atoms with Crippen LogP contribution < -0.4 is 5.32 Å². The zero-order valence-corrected chi connectivity index (χ0v) is 18.1. The maximum Gasteiger partial charge on any atom is -0.000835 e. The van der Waals surface area contributed by atoms with Crippen molar-refractivity contribution in [1.29, 1.82) is 0 Å². The van der Waals surface area contributed by atoms with Crippen LogP contribution in [0.3, 0.4) is 0 Å². The average Bonchev–Trinajstić information content (AvgIpc) is 2.71. The van der Waals surface area contributed by atoms with Crippen LogP contribution in [0.5, 0.6) is 0 Å². The number of hydrogen-bond acceptors (Lipinski definition) is 1. The fourth-order valence-corrected chi connectivity index (χ4v) is 3.77. The van der Waals surface area contributed by atoms with Crippen molar-refractivity contribution in [2.24, 2.45) is 5.92 Å². The van der Waals surface area contributed by atoms with E-state index in [2.05, 4.69) is 55.2 Å². The van der Waals surface area contributed by atoms with E-state index in [1.54, 1.807) is 0 Å². The molecular formula is C26H45N. The lowest BCUT2D eigenvalue weighted by Crippen LogP contribution is -2.19. The predicted molar refractivity (Wildman–Crippen MR) is 122 cm³/mol. The minimum Gasteiger partial charge on any atom is -0.316 e. The Morgan fingerprint density at radius 3 is 2.00 bits per heavy atom. The van der Waals surface area contributed by atoms with Gasteiger partial charge < -0.3 is 5.32 Å². The number of unbranched alkanes of at least 4 members (excludes halogenated alkanes) is 9. The molecule has 0 aromatic heterocycles. The van der Waals surface area contributed by atoms with Crippen LogP contribution in [0, 0.1) is 5.92 Å². The van der Waals surface area contributed by atoms with E-state index in [9.17, 15) is 0 Å². The standard InChI is InChI=1S/C26H45N/c1-3-5-6-7-8-9-10-11-12-14-18-25(4-2)21-17-23-27-24-22-26-19-15-13-16-20-26/h4,13,15-16,19-20,25,27H,2-3,5-12,14,17-18,21-24H2,1H3. The van der Waals surface area contributed by atoms with Crippen molar-refractivity contribution in [3.8, 4) is 0 Å². The fourth-order valence-electron chi connectivity index (χ4n) is 3.77. The molecule has 0 aliphatic rings. The molecule has 27 heavy (non-hydrogen) atoms. The molecule has 0 fully saturated rings. The molecule has 0 heterocycles. The zero-order valence-electron chi connectivity index (χ0n) is 18.1. The first-order chi connectivity index (χ1) is 13.4. The molecule has 1 nitrogen and oxygen atoms in total. The quantitative estimate of drug-likeness (QED) is 0.194. The molecule has 1 aromatic carbocycles. The number of rotatable bonds is 19. The highest BCUT2D eigenvalue weighted by atomic mass is 14.8. The van der Waals surface area contributed by atoms with Gasteiger partial charge in [-0.2, -0.15) is 0 Å². The smallest absolute Gasteiger partial charge is 0.000835 e.